The van der Waals surface area contributed by atoms with Crippen molar-refractivity contribution in [2.24, 2.45) is 0 Å². The van der Waals surface area contributed by atoms with Crippen molar-refractivity contribution in [1.29, 1.82) is 0 Å². The number of carbonyl (C=O) groups excluding carboxylic acids is 2. The molecule has 1 heterocycles. The number of aromatic amines is 1. The van der Waals surface area contributed by atoms with Gasteiger partial charge in [-0.05, 0) is 42.3 Å². The number of aromatic nitrogens is 1. The fraction of sp³-hybridized carbons (Fsp3) is 0.296. The molecule has 0 fully saturated rings. The Hall–Kier alpha value is -4.54. The van der Waals surface area contributed by atoms with Crippen LogP contribution in [0.1, 0.15) is 46.3 Å². The van der Waals surface area contributed by atoms with Crippen LogP contribution in [0.2, 0.25) is 0 Å². The first-order valence-corrected chi connectivity index (χ1v) is 11.7. The normalized spacial score (nSPS) is 11.4. The summed E-state index contributed by atoms with van der Waals surface area (Å²) in [6, 6.07) is 8.72. The van der Waals surface area contributed by atoms with Gasteiger partial charge in [-0.3, -0.25) is 9.59 Å². The van der Waals surface area contributed by atoms with Crippen LogP contribution in [0.4, 0.5) is 4.39 Å². The molecule has 0 saturated carbocycles. The van der Waals surface area contributed by atoms with Crippen LogP contribution in [-0.2, 0) is 16.1 Å². The molecule has 3 N–H and O–H groups in total. The number of aromatic hydroxyl groups is 1. The predicted octanol–water partition coefficient (Wildman–Crippen LogP) is 3.26. The summed E-state index contributed by atoms with van der Waals surface area (Å²) in [4.78, 5) is 40.9. The number of H-pyrrole nitrogens is 1. The molecule has 2 aromatic carbocycles. The number of hydrogen-bond donors (Lipinski definition) is 3. The Labute approximate surface area is 218 Å². The number of ether oxygens (including phenoxy) is 4. The number of pyridine rings is 1. The van der Waals surface area contributed by atoms with Crippen LogP contribution in [0.15, 0.2) is 47.4 Å². The third kappa shape index (κ3) is 6.23. The Kier molecular flexibility index (Phi) is 9.31. The summed E-state index contributed by atoms with van der Waals surface area (Å²) in [5.41, 5.74) is -0.152. The SMILES string of the molecule is CCOC(=O)c1c[nH]c(=O)c(C(CC(=O)NCc2ccc(F)cc2)c2cc(OC)c(OC)c(OC)c2)c1O. The zero-order valence-corrected chi connectivity index (χ0v) is 21.4. The molecule has 0 aliphatic carbocycles. The van der Waals surface area contributed by atoms with Crippen LogP contribution in [0.3, 0.4) is 0 Å². The second-order valence-corrected chi connectivity index (χ2v) is 8.13. The van der Waals surface area contributed by atoms with Crippen molar-refractivity contribution in [3.05, 3.63) is 81.0 Å². The van der Waals surface area contributed by atoms with Gasteiger partial charge in [0.05, 0.1) is 33.5 Å². The number of esters is 1. The Morgan fingerprint density at radius 3 is 2.24 bits per heavy atom. The highest BCUT2D eigenvalue weighted by Gasteiger charge is 2.30. The van der Waals surface area contributed by atoms with Crippen LogP contribution in [-0.4, -0.2) is 49.9 Å². The van der Waals surface area contributed by atoms with Crippen LogP contribution in [0, 0.1) is 5.82 Å². The zero-order chi connectivity index (χ0) is 27.8. The highest BCUT2D eigenvalue weighted by Crippen LogP contribution is 2.43. The molecular weight excluding hydrogens is 499 g/mol. The van der Waals surface area contributed by atoms with Gasteiger partial charge in [0.15, 0.2) is 11.5 Å². The monoisotopic (exact) mass is 528 g/mol. The van der Waals surface area contributed by atoms with Crippen LogP contribution in [0.25, 0.3) is 0 Å². The highest BCUT2D eigenvalue weighted by molar-refractivity contribution is 5.92. The maximum absolute atomic E-state index is 13.2. The predicted molar refractivity (Wildman–Crippen MR) is 135 cm³/mol. The first-order chi connectivity index (χ1) is 18.2. The van der Waals surface area contributed by atoms with Crippen LogP contribution < -0.4 is 25.1 Å². The van der Waals surface area contributed by atoms with Crippen molar-refractivity contribution in [3.8, 4) is 23.0 Å². The molecule has 1 atom stereocenters. The summed E-state index contributed by atoms with van der Waals surface area (Å²) in [6.45, 7) is 1.76. The summed E-state index contributed by atoms with van der Waals surface area (Å²) < 4.78 is 34.4. The van der Waals surface area contributed by atoms with Gasteiger partial charge in [0.25, 0.3) is 5.56 Å². The third-order valence-electron chi connectivity index (χ3n) is 5.83. The molecule has 1 unspecified atom stereocenters. The minimum absolute atomic E-state index is 0.0504. The minimum atomic E-state index is -1.05. The molecule has 0 aliphatic heterocycles. The lowest BCUT2D eigenvalue weighted by Crippen LogP contribution is -2.28. The lowest BCUT2D eigenvalue weighted by Gasteiger charge is -2.22. The molecule has 1 amide bonds. The molecule has 1 aromatic heterocycles. The van der Waals surface area contributed by atoms with E-state index in [1.165, 1.54) is 45.6 Å². The van der Waals surface area contributed by atoms with Gasteiger partial charge in [0.2, 0.25) is 11.7 Å². The second kappa shape index (κ2) is 12.6. The first kappa shape index (κ1) is 28.0. The number of carbonyl (C=O) groups is 2. The minimum Gasteiger partial charge on any atom is -0.506 e. The lowest BCUT2D eigenvalue weighted by atomic mass is 9.87. The molecule has 0 radical (unpaired) electrons. The Balaban J connectivity index is 2.09. The Bertz CT molecular complexity index is 1330. The summed E-state index contributed by atoms with van der Waals surface area (Å²) in [5, 5.41) is 13.8. The number of methoxy groups -OCH3 is 3. The lowest BCUT2D eigenvalue weighted by molar-refractivity contribution is -0.121. The molecule has 11 heteroatoms. The Morgan fingerprint density at radius 2 is 1.68 bits per heavy atom. The average Bonchev–Trinajstić information content (AvgIpc) is 2.91. The van der Waals surface area contributed by atoms with E-state index in [4.69, 9.17) is 18.9 Å². The molecule has 0 saturated heterocycles. The van der Waals surface area contributed by atoms with E-state index in [1.54, 1.807) is 19.1 Å². The second-order valence-electron chi connectivity index (χ2n) is 8.13. The summed E-state index contributed by atoms with van der Waals surface area (Å²) in [5.74, 6) is -2.57. The van der Waals surface area contributed by atoms with Gasteiger partial charge >= 0.3 is 5.97 Å². The maximum atomic E-state index is 13.2. The molecular formula is C27H29FN2O8. The smallest absolute Gasteiger partial charge is 0.343 e. The number of amides is 1. The number of hydrogen-bond acceptors (Lipinski definition) is 8. The molecule has 0 spiro atoms. The average molecular weight is 529 g/mol. The number of nitrogens with one attached hydrogen (secondary N) is 2. The quantitative estimate of drug-likeness (QED) is 0.323. The van der Waals surface area contributed by atoms with Crippen molar-refractivity contribution in [2.75, 3.05) is 27.9 Å². The summed E-state index contributed by atoms with van der Waals surface area (Å²) >= 11 is 0. The van der Waals surface area contributed by atoms with Crippen molar-refractivity contribution >= 4 is 11.9 Å². The standard InChI is InChI=1S/C27H29FN2O8/c1-5-38-27(34)19-14-30-26(33)23(24(19)32)18(12-22(31)29-13-15-6-8-17(28)9-7-15)16-10-20(35-2)25(37-4)21(11-16)36-3/h6-11,14,18H,5,12-13H2,1-4H3,(H,29,31)(H2,30,32,33). The zero-order valence-electron chi connectivity index (χ0n) is 21.4. The van der Waals surface area contributed by atoms with E-state index in [1.807, 2.05) is 0 Å². The van der Waals surface area contributed by atoms with Crippen molar-refractivity contribution in [2.45, 2.75) is 25.8 Å². The van der Waals surface area contributed by atoms with Crippen molar-refractivity contribution in [3.63, 3.8) is 0 Å². The van der Waals surface area contributed by atoms with E-state index in [-0.39, 0.29) is 47.9 Å². The molecule has 0 bridgehead atoms. The van der Waals surface area contributed by atoms with Crippen molar-refractivity contribution in [1.82, 2.24) is 10.3 Å². The van der Waals surface area contributed by atoms with Gasteiger partial charge < -0.3 is 34.4 Å². The summed E-state index contributed by atoms with van der Waals surface area (Å²) in [7, 11) is 4.26. The first-order valence-electron chi connectivity index (χ1n) is 11.7. The van der Waals surface area contributed by atoms with E-state index in [0.29, 0.717) is 11.1 Å². The molecule has 3 aromatic rings. The fourth-order valence-electron chi connectivity index (χ4n) is 3.97. The summed E-state index contributed by atoms with van der Waals surface area (Å²) in [6.07, 6.45) is 0.753. The fourth-order valence-corrected chi connectivity index (χ4v) is 3.97. The van der Waals surface area contributed by atoms with E-state index in [2.05, 4.69) is 10.3 Å². The molecule has 10 nitrogen and oxygen atoms in total. The molecule has 3 rings (SSSR count). The van der Waals surface area contributed by atoms with Gasteiger partial charge in [0.1, 0.15) is 17.1 Å². The topological polar surface area (TPSA) is 136 Å². The highest BCUT2D eigenvalue weighted by atomic mass is 19.1. The number of halogens is 1. The van der Waals surface area contributed by atoms with E-state index >= 15 is 0 Å². The largest absolute Gasteiger partial charge is 0.506 e. The Morgan fingerprint density at radius 1 is 1.05 bits per heavy atom. The van der Waals surface area contributed by atoms with Gasteiger partial charge in [-0.2, -0.15) is 0 Å². The molecule has 38 heavy (non-hydrogen) atoms. The number of rotatable bonds is 11. The van der Waals surface area contributed by atoms with Crippen molar-refractivity contribution < 1.29 is 38.0 Å². The van der Waals surface area contributed by atoms with E-state index in [0.717, 1.165) is 6.20 Å². The van der Waals surface area contributed by atoms with Gasteiger partial charge in [0, 0.05) is 25.1 Å². The third-order valence-corrected chi connectivity index (χ3v) is 5.83. The van der Waals surface area contributed by atoms with Crippen LogP contribution >= 0.6 is 0 Å². The van der Waals surface area contributed by atoms with Gasteiger partial charge in [-0.1, -0.05) is 12.1 Å². The molecule has 0 aliphatic rings. The van der Waals surface area contributed by atoms with E-state index < -0.39 is 34.9 Å². The van der Waals surface area contributed by atoms with Gasteiger partial charge in [-0.15, -0.1) is 0 Å². The van der Waals surface area contributed by atoms with E-state index in [9.17, 15) is 23.9 Å². The van der Waals surface area contributed by atoms with Crippen LogP contribution in [0.5, 0.6) is 23.0 Å². The molecule has 202 valence electrons. The van der Waals surface area contributed by atoms with Gasteiger partial charge in [-0.25, -0.2) is 9.18 Å². The number of benzene rings is 2. The maximum Gasteiger partial charge on any atom is 0.343 e.